The number of anilines is 3. The van der Waals surface area contributed by atoms with Crippen LogP contribution in [0.2, 0.25) is 0 Å². The Morgan fingerprint density at radius 2 is 1.63 bits per heavy atom. The molecular formula is C21H30N6. The number of nitrogens with zero attached hydrogens (tertiary/aromatic N) is 3. The number of aromatic amines is 1. The van der Waals surface area contributed by atoms with Crippen molar-refractivity contribution in [2.24, 2.45) is 0 Å². The summed E-state index contributed by atoms with van der Waals surface area (Å²) < 4.78 is 0. The zero-order valence-corrected chi connectivity index (χ0v) is 16.2. The van der Waals surface area contributed by atoms with Gasteiger partial charge in [0.05, 0.1) is 6.33 Å². The van der Waals surface area contributed by atoms with Crippen molar-refractivity contribution in [3.63, 3.8) is 0 Å². The molecule has 0 saturated heterocycles. The van der Waals surface area contributed by atoms with Gasteiger partial charge in [0.1, 0.15) is 5.52 Å². The molecule has 0 aliphatic heterocycles. The van der Waals surface area contributed by atoms with E-state index in [1.807, 2.05) is 30.3 Å². The first-order chi connectivity index (χ1) is 13.4. The van der Waals surface area contributed by atoms with Gasteiger partial charge in [-0.3, -0.25) is 0 Å². The zero-order chi connectivity index (χ0) is 18.7. The van der Waals surface area contributed by atoms with Gasteiger partial charge in [0, 0.05) is 12.2 Å². The molecule has 0 unspecified atom stereocenters. The Bertz CT molecular complexity index is 799. The molecule has 0 bridgehead atoms. The van der Waals surface area contributed by atoms with Gasteiger partial charge < -0.3 is 15.6 Å². The summed E-state index contributed by atoms with van der Waals surface area (Å²) in [5, 5.41) is 6.69. The highest BCUT2D eigenvalue weighted by Gasteiger charge is 2.10. The fraction of sp³-hybridized carbons (Fsp3) is 0.476. The van der Waals surface area contributed by atoms with Gasteiger partial charge in [-0.25, -0.2) is 4.98 Å². The predicted molar refractivity (Wildman–Crippen MR) is 113 cm³/mol. The van der Waals surface area contributed by atoms with Gasteiger partial charge in [-0.05, 0) is 18.6 Å². The molecule has 3 N–H and O–H groups in total. The summed E-state index contributed by atoms with van der Waals surface area (Å²) >= 11 is 0. The van der Waals surface area contributed by atoms with Crippen LogP contribution in [0.1, 0.15) is 58.3 Å². The molecule has 0 aliphatic rings. The van der Waals surface area contributed by atoms with Crippen molar-refractivity contribution >= 4 is 28.6 Å². The van der Waals surface area contributed by atoms with Crippen molar-refractivity contribution in [3.8, 4) is 0 Å². The molecule has 6 heteroatoms. The van der Waals surface area contributed by atoms with Gasteiger partial charge in [-0.15, -0.1) is 0 Å². The number of unbranched alkanes of at least 4 members (excludes halogenated alkanes) is 7. The molecule has 0 aliphatic carbocycles. The Labute approximate surface area is 161 Å². The van der Waals surface area contributed by atoms with Crippen LogP contribution in [0.4, 0.5) is 17.5 Å². The summed E-state index contributed by atoms with van der Waals surface area (Å²) in [5.74, 6) is 1.35. The number of rotatable bonds is 12. The molecule has 0 atom stereocenters. The molecule has 6 nitrogen and oxygen atoms in total. The van der Waals surface area contributed by atoms with E-state index in [1.54, 1.807) is 6.33 Å². The van der Waals surface area contributed by atoms with Crippen LogP contribution in [0, 0.1) is 0 Å². The number of hydrogen-bond acceptors (Lipinski definition) is 5. The first kappa shape index (κ1) is 19.1. The molecule has 144 valence electrons. The first-order valence-corrected chi connectivity index (χ1v) is 10.1. The number of nitrogens with one attached hydrogen (secondary N) is 3. The average Bonchev–Trinajstić information content (AvgIpc) is 3.16. The molecule has 0 saturated carbocycles. The molecule has 2 heterocycles. The van der Waals surface area contributed by atoms with Crippen LogP contribution in [0.25, 0.3) is 11.2 Å². The number of H-pyrrole nitrogens is 1. The molecule has 0 spiro atoms. The van der Waals surface area contributed by atoms with Crippen molar-refractivity contribution in [1.82, 2.24) is 19.9 Å². The van der Waals surface area contributed by atoms with Gasteiger partial charge in [-0.2, -0.15) is 9.97 Å². The standard InChI is InChI=1S/C21H30N6/c1-2-3-4-5-6-7-8-12-15-22-19-18-20(24-16-23-18)27-21(26-19)25-17-13-10-9-11-14-17/h9-11,13-14,16H,2-8,12,15H2,1H3,(H3,22,23,24,25,26,27). The van der Waals surface area contributed by atoms with Gasteiger partial charge >= 0.3 is 0 Å². The minimum Gasteiger partial charge on any atom is -0.368 e. The quantitative estimate of drug-likeness (QED) is 0.361. The number of hydrogen-bond donors (Lipinski definition) is 3. The summed E-state index contributed by atoms with van der Waals surface area (Å²) in [6.07, 6.45) is 12.1. The Kier molecular flexibility index (Phi) is 7.45. The molecule has 3 aromatic rings. The van der Waals surface area contributed by atoms with E-state index in [0.717, 1.165) is 35.6 Å². The third kappa shape index (κ3) is 5.94. The first-order valence-electron chi connectivity index (χ1n) is 10.1. The third-order valence-electron chi connectivity index (χ3n) is 4.63. The lowest BCUT2D eigenvalue weighted by atomic mass is 10.1. The van der Waals surface area contributed by atoms with E-state index in [-0.39, 0.29) is 0 Å². The molecule has 3 rings (SSSR count). The summed E-state index contributed by atoms with van der Waals surface area (Å²) in [6.45, 7) is 3.16. The third-order valence-corrected chi connectivity index (χ3v) is 4.63. The second-order valence-corrected chi connectivity index (χ2v) is 6.89. The SMILES string of the molecule is CCCCCCCCCCNc1nc(Nc2ccccc2)nc2[nH]cnc12. The van der Waals surface area contributed by atoms with Crippen LogP contribution >= 0.6 is 0 Å². The van der Waals surface area contributed by atoms with Crippen molar-refractivity contribution in [2.75, 3.05) is 17.2 Å². The molecule has 27 heavy (non-hydrogen) atoms. The van der Waals surface area contributed by atoms with Crippen LogP contribution in [0.5, 0.6) is 0 Å². The highest BCUT2D eigenvalue weighted by atomic mass is 15.2. The molecule has 0 amide bonds. The van der Waals surface area contributed by atoms with E-state index in [2.05, 4.69) is 37.5 Å². The molecule has 0 radical (unpaired) electrons. The van der Waals surface area contributed by atoms with Crippen LogP contribution in [-0.2, 0) is 0 Å². The largest absolute Gasteiger partial charge is 0.368 e. The fourth-order valence-corrected chi connectivity index (χ4v) is 3.13. The average molecular weight is 367 g/mol. The monoisotopic (exact) mass is 366 g/mol. The van der Waals surface area contributed by atoms with E-state index in [4.69, 9.17) is 0 Å². The van der Waals surface area contributed by atoms with Crippen LogP contribution < -0.4 is 10.6 Å². The number of aromatic nitrogens is 4. The summed E-state index contributed by atoms with van der Waals surface area (Å²) in [4.78, 5) is 16.6. The maximum absolute atomic E-state index is 4.62. The van der Waals surface area contributed by atoms with Crippen molar-refractivity contribution in [2.45, 2.75) is 58.3 Å². The summed E-state index contributed by atoms with van der Waals surface area (Å²) in [7, 11) is 0. The Balaban J connectivity index is 1.50. The fourth-order valence-electron chi connectivity index (χ4n) is 3.13. The molecule has 1 aromatic carbocycles. The molecular weight excluding hydrogens is 336 g/mol. The van der Waals surface area contributed by atoms with Gasteiger partial charge in [0.2, 0.25) is 5.95 Å². The molecule has 0 fully saturated rings. The van der Waals surface area contributed by atoms with Crippen LogP contribution in [0.3, 0.4) is 0 Å². The zero-order valence-electron chi connectivity index (χ0n) is 16.2. The lowest BCUT2D eigenvalue weighted by Gasteiger charge is -2.09. The van der Waals surface area contributed by atoms with Crippen LogP contribution in [0.15, 0.2) is 36.7 Å². The lowest BCUT2D eigenvalue weighted by Crippen LogP contribution is -2.07. The normalized spacial score (nSPS) is 11.0. The summed E-state index contributed by atoms with van der Waals surface area (Å²) in [6, 6.07) is 9.94. The maximum Gasteiger partial charge on any atom is 0.231 e. The number of fused-ring (bicyclic) bond motifs is 1. The second-order valence-electron chi connectivity index (χ2n) is 6.89. The predicted octanol–water partition coefficient (Wildman–Crippen LogP) is 5.65. The van der Waals surface area contributed by atoms with Crippen molar-refractivity contribution in [3.05, 3.63) is 36.7 Å². The van der Waals surface area contributed by atoms with E-state index in [1.165, 1.54) is 44.9 Å². The molecule has 2 aromatic heterocycles. The Hall–Kier alpha value is -2.63. The van der Waals surface area contributed by atoms with E-state index >= 15 is 0 Å². The topological polar surface area (TPSA) is 78.5 Å². The summed E-state index contributed by atoms with van der Waals surface area (Å²) in [5.41, 5.74) is 2.49. The van der Waals surface area contributed by atoms with Crippen LogP contribution in [-0.4, -0.2) is 26.5 Å². The number of para-hydroxylation sites is 1. The van der Waals surface area contributed by atoms with Crippen molar-refractivity contribution < 1.29 is 0 Å². The second kappa shape index (κ2) is 10.5. The van der Waals surface area contributed by atoms with Gasteiger partial charge in [-0.1, -0.05) is 70.1 Å². The number of imidazole rings is 1. The lowest BCUT2D eigenvalue weighted by molar-refractivity contribution is 0.581. The Morgan fingerprint density at radius 1 is 0.889 bits per heavy atom. The van der Waals surface area contributed by atoms with E-state index in [0.29, 0.717) is 5.95 Å². The van der Waals surface area contributed by atoms with Gasteiger partial charge in [0.25, 0.3) is 0 Å². The smallest absolute Gasteiger partial charge is 0.231 e. The van der Waals surface area contributed by atoms with Crippen molar-refractivity contribution in [1.29, 1.82) is 0 Å². The highest BCUT2D eigenvalue weighted by molar-refractivity contribution is 5.84. The minimum absolute atomic E-state index is 0.566. The highest BCUT2D eigenvalue weighted by Crippen LogP contribution is 2.21. The Morgan fingerprint density at radius 3 is 2.41 bits per heavy atom. The van der Waals surface area contributed by atoms with Gasteiger partial charge in [0.15, 0.2) is 11.5 Å². The maximum atomic E-state index is 4.62. The number of benzene rings is 1. The van der Waals surface area contributed by atoms with E-state index < -0.39 is 0 Å². The van der Waals surface area contributed by atoms with E-state index in [9.17, 15) is 0 Å². The minimum atomic E-state index is 0.566.